The van der Waals surface area contributed by atoms with Crippen molar-refractivity contribution in [1.82, 2.24) is 9.97 Å². The van der Waals surface area contributed by atoms with Crippen LogP contribution < -0.4 is 0 Å². The zero-order chi connectivity index (χ0) is 13.8. The molecule has 1 aliphatic carbocycles. The van der Waals surface area contributed by atoms with Gasteiger partial charge in [0.05, 0.1) is 6.10 Å². The molecule has 1 aliphatic rings. The largest absolute Gasteiger partial charge is 0.387 e. The maximum atomic E-state index is 11.0. The maximum absolute atomic E-state index is 11.0. The highest BCUT2D eigenvalue weighted by molar-refractivity contribution is 5.31. The van der Waals surface area contributed by atoms with Gasteiger partial charge in [-0.05, 0) is 18.4 Å². The summed E-state index contributed by atoms with van der Waals surface area (Å²) in [4.78, 5) is 8.11. The number of hydrogen-bond donors (Lipinski definition) is 1. The van der Waals surface area contributed by atoms with Crippen molar-refractivity contribution >= 4 is 0 Å². The van der Waals surface area contributed by atoms with Crippen molar-refractivity contribution < 1.29 is 5.11 Å². The van der Waals surface area contributed by atoms with Crippen LogP contribution in [0, 0.1) is 0 Å². The molecule has 0 bridgehead atoms. The van der Waals surface area contributed by atoms with Crippen molar-refractivity contribution in [3.05, 3.63) is 60.2 Å². The molecular weight excluding hydrogens is 248 g/mol. The van der Waals surface area contributed by atoms with Gasteiger partial charge in [-0.15, -0.1) is 0 Å². The molecule has 3 nitrogen and oxygen atoms in total. The van der Waals surface area contributed by atoms with Crippen LogP contribution in [0.5, 0.6) is 0 Å². The molecule has 1 fully saturated rings. The van der Waals surface area contributed by atoms with E-state index in [9.17, 15) is 5.11 Å². The zero-order valence-electron chi connectivity index (χ0n) is 11.6. The van der Waals surface area contributed by atoms with E-state index < -0.39 is 6.10 Å². The number of aliphatic hydroxyl groups excluding tert-OH is 1. The molecule has 2 aromatic rings. The van der Waals surface area contributed by atoms with Crippen molar-refractivity contribution in [3.8, 4) is 0 Å². The summed E-state index contributed by atoms with van der Waals surface area (Å²) >= 11 is 0. The van der Waals surface area contributed by atoms with Crippen molar-refractivity contribution in [1.29, 1.82) is 0 Å². The summed E-state index contributed by atoms with van der Waals surface area (Å²) in [6.07, 6.45) is 10.1. The van der Waals surface area contributed by atoms with Gasteiger partial charge in [0, 0.05) is 23.4 Å². The normalized spacial score (nSPS) is 19.4. The minimum Gasteiger partial charge on any atom is -0.387 e. The lowest BCUT2D eigenvalue weighted by Gasteiger charge is -2.41. The Balaban J connectivity index is 2.02. The van der Waals surface area contributed by atoms with Crippen LogP contribution in [0.15, 0.2) is 49.1 Å². The third kappa shape index (κ3) is 2.34. The van der Waals surface area contributed by atoms with Gasteiger partial charge in [0.15, 0.2) is 0 Å². The van der Waals surface area contributed by atoms with Crippen LogP contribution in [0.3, 0.4) is 0 Å². The molecule has 104 valence electrons. The highest BCUT2D eigenvalue weighted by atomic mass is 16.3. The van der Waals surface area contributed by atoms with Crippen LogP contribution in [0.2, 0.25) is 0 Å². The predicted octanol–water partition coefficient (Wildman–Crippen LogP) is 3.41. The first-order chi connectivity index (χ1) is 9.83. The van der Waals surface area contributed by atoms with Gasteiger partial charge in [-0.2, -0.15) is 0 Å². The smallest absolute Gasteiger partial charge is 0.115 e. The number of hydrogen-bond acceptors (Lipinski definition) is 3. The second-order valence-electron chi connectivity index (χ2n) is 5.66. The van der Waals surface area contributed by atoms with Gasteiger partial charge in [0.1, 0.15) is 6.33 Å². The Hall–Kier alpha value is -1.74. The van der Waals surface area contributed by atoms with Crippen molar-refractivity contribution in [2.45, 2.75) is 43.6 Å². The molecule has 3 heteroatoms. The lowest BCUT2D eigenvalue weighted by atomic mass is 9.65. The number of rotatable bonds is 3. The second-order valence-corrected chi connectivity index (χ2v) is 5.66. The predicted molar refractivity (Wildman–Crippen MR) is 78.2 cm³/mol. The zero-order valence-corrected chi connectivity index (χ0v) is 11.6. The van der Waals surface area contributed by atoms with E-state index in [0.717, 1.165) is 18.4 Å². The molecule has 0 saturated heterocycles. The molecule has 3 rings (SSSR count). The highest BCUT2D eigenvalue weighted by Gasteiger charge is 2.41. The quantitative estimate of drug-likeness (QED) is 0.927. The lowest BCUT2D eigenvalue weighted by Crippen LogP contribution is -2.36. The highest BCUT2D eigenvalue weighted by Crippen LogP contribution is 2.47. The van der Waals surface area contributed by atoms with Crippen LogP contribution in [-0.4, -0.2) is 15.1 Å². The molecule has 20 heavy (non-hydrogen) atoms. The lowest BCUT2D eigenvalue weighted by molar-refractivity contribution is 0.0522. The van der Waals surface area contributed by atoms with Crippen LogP contribution in [-0.2, 0) is 5.41 Å². The topological polar surface area (TPSA) is 46.0 Å². The van der Waals surface area contributed by atoms with E-state index >= 15 is 0 Å². The monoisotopic (exact) mass is 268 g/mol. The third-order valence-corrected chi connectivity index (χ3v) is 4.51. The van der Waals surface area contributed by atoms with Gasteiger partial charge < -0.3 is 5.11 Å². The van der Waals surface area contributed by atoms with Gasteiger partial charge in [-0.1, -0.05) is 49.6 Å². The number of benzene rings is 1. The van der Waals surface area contributed by atoms with Gasteiger partial charge in [-0.25, -0.2) is 9.97 Å². The summed E-state index contributed by atoms with van der Waals surface area (Å²) in [6, 6.07) is 10.4. The van der Waals surface area contributed by atoms with Crippen LogP contribution in [0.4, 0.5) is 0 Å². The second kappa shape index (κ2) is 5.71. The number of aromatic nitrogens is 2. The Morgan fingerprint density at radius 1 is 0.950 bits per heavy atom. The van der Waals surface area contributed by atoms with E-state index in [1.807, 2.05) is 6.07 Å². The van der Waals surface area contributed by atoms with E-state index in [2.05, 4.69) is 34.2 Å². The summed E-state index contributed by atoms with van der Waals surface area (Å²) in [7, 11) is 0. The molecule has 0 amide bonds. The molecule has 0 aliphatic heterocycles. The molecule has 0 radical (unpaired) electrons. The first-order valence-corrected chi connectivity index (χ1v) is 7.31. The molecule has 1 aromatic carbocycles. The average Bonchev–Trinajstić information content (AvgIpc) is 2.56. The minimum absolute atomic E-state index is 0.190. The van der Waals surface area contributed by atoms with Crippen LogP contribution in [0.1, 0.15) is 49.3 Å². The van der Waals surface area contributed by atoms with Gasteiger partial charge in [0.2, 0.25) is 0 Å². The SMILES string of the molecule is OC(c1cncnc1)C1(c2ccccc2)CCCCC1. The van der Waals surface area contributed by atoms with E-state index in [4.69, 9.17) is 0 Å². The summed E-state index contributed by atoms with van der Waals surface area (Å²) < 4.78 is 0. The molecule has 1 unspecified atom stereocenters. The van der Waals surface area contributed by atoms with Crippen molar-refractivity contribution in [2.75, 3.05) is 0 Å². The molecule has 1 saturated carbocycles. The summed E-state index contributed by atoms with van der Waals surface area (Å²) in [5.74, 6) is 0. The van der Waals surface area contributed by atoms with Crippen molar-refractivity contribution in [3.63, 3.8) is 0 Å². The van der Waals surface area contributed by atoms with Gasteiger partial charge >= 0.3 is 0 Å². The summed E-state index contributed by atoms with van der Waals surface area (Å²) in [5.41, 5.74) is 1.86. The Bertz CT molecular complexity index is 535. The van der Waals surface area contributed by atoms with Crippen molar-refractivity contribution in [2.24, 2.45) is 0 Å². The van der Waals surface area contributed by atoms with E-state index in [1.54, 1.807) is 12.4 Å². The molecule has 1 atom stereocenters. The Kier molecular flexibility index (Phi) is 3.79. The van der Waals surface area contributed by atoms with E-state index in [-0.39, 0.29) is 5.41 Å². The summed E-state index contributed by atoms with van der Waals surface area (Å²) in [6.45, 7) is 0. The van der Waals surface area contributed by atoms with Crippen LogP contribution in [0.25, 0.3) is 0 Å². The fraction of sp³-hybridized carbons (Fsp3) is 0.412. The third-order valence-electron chi connectivity index (χ3n) is 4.51. The Labute approximate surface area is 119 Å². The van der Waals surface area contributed by atoms with Gasteiger partial charge in [0.25, 0.3) is 0 Å². The first kappa shape index (κ1) is 13.3. The molecule has 0 spiro atoms. The average molecular weight is 268 g/mol. The maximum Gasteiger partial charge on any atom is 0.115 e. The molecule has 1 heterocycles. The standard InChI is InChI=1S/C17H20N2O/c20-16(14-11-18-13-19-12-14)17(9-5-2-6-10-17)15-7-3-1-4-8-15/h1,3-4,7-8,11-13,16,20H,2,5-6,9-10H2. The van der Waals surface area contributed by atoms with E-state index in [1.165, 1.54) is 31.2 Å². The fourth-order valence-electron chi connectivity index (χ4n) is 3.44. The number of aliphatic hydroxyl groups is 1. The minimum atomic E-state index is -0.536. The first-order valence-electron chi connectivity index (χ1n) is 7.31. The molecule has 1 aromatic heterocycles. The van der Waals surface area contributed by atoms with Crippen LogP contribution >= 0.6 is 0 Å². The Morgan fingerprint density at radius 2 is 1.60 bits per heavy atom. The Morgan fingerprint density at radius 3 is 2.25 bits per heavy atom. The summed E-state index contributed by atoms with van der Waals surface area (Å²) in [5, 5.41) is 11.0. The molecule has 1 N–H and O–H groups in total. The van der Waals surface area contributed by atoms with E-state index in [0.29, 0.717) is 0 Å². The molecular formula is C17H20N2O. The van der Waals surface area contributed by atoms with Gasteiger partial charge in [-0.3, -0.25) is 0 Å². The fourth-order valence-corrected chi connectivity index (χ4v) is 3.44. The number of nitrogens with zero attached hydrogens (tertiary/aromatic N) is 2.